The summed E-state index contributed by atoms with van der Waals surface area (Å²) in [4.78, 5) is 0. The van der Waals surface area contributed by atoms with Crippen molar-refractivity contribution >= 4 is 60.6 Å². The number of hydrogen-bond acceptors (Lipinski definition) is 1. The van der Waals surface area contributed by atoms with Gasteiger partial charge in [-0.2, -0.15) is 0 Å². The van der Waals surface area contributed by atoms with Gasteiger partial charge in [0.1, 0.15) is 5.82 Å². The maximum absolute atomic E-state index is 14.0. The maximum atomic E-state index is 14.0. The monoisotopic (exact) mass is 458 g/mol. The lowest BCUT2D eigenvalue weighted by Crippen LogP contribution is -2.20. The number of anilines is 2. The summed E-state index contributed by atoms with van der Waals surface area (Å²) in [7, 11) is 0. The summed E-state index contributed by atoms with van der Waals surface area (Å²) in [6.07, 6.45) is 1.10. The lowest BCUT2D eigenvalue weighted by Gasteiger charge is -2.14. The second kappa shape index (κ2) is 8.22. The van der Waals surface area contributed by atoms with Crippen LogP contribution < -0.4 is 10.6 Å². The Bertz CT molecular complexity index is 681. The fourth-order valence-corrected chi connectivity index (χ4v) is 3.56. The molecule has 0 aromatic heterocycles. The van der Waals surface area contributed by atoms with Gasteiger partial charge in [-0.05, 0) is 70.3 Å². The third-order valence-electron chi connectivity index (χ3n) is 3.60. The minimum atomic E-state index is -0.387. The molecule has 0 aliphatic carbocycles. The van der Waals surface area contributed by atoms with E-state index in [2.05, 4.69) is 68.5 Å². The molecule has 0 aliphatic rings. The quantitative estimate of drug-likeness (QED) is 0.499. The number of benzene rings is 2. The van der Waals surface area contributed by atoms with Crippen molar-refractivity contribution in [2.45, 2.75) is 26.2 Å². The standard InChI is InChI=1S/C17H17Br2FN2S/c1-3-10(2)11-4-6-13(7-5-11)21-17(23)22-16-14(19)8-12(18)9-15(16)20/h4-10H,3H2,1-2H3,(H2,21,22,23). The lowest BCUT2D eigenvalue weighted by atomic mass is 9.99. The molecule has 0 bridgehead atoms. The fourth-order valence-electron chi connectivity index (χ4n) is 2.07. The van der Waals surface area contributed by atoms with Gasteiger partial charge in [-0.3, -0.25) is 0 Å². The number of thiocarbonyl (C=S) groups is 1. The van der Waals surface area contributed by atoms with Crippen molar-refractivity contribution in [3.63, 3.8) is 0 Å². The van der Waals surface area contributed by atoms with Gasteiger partial charge in [0.05, 0.1) is 5.69 Å². The van der Waals surface area contributed by atoms with Crippen LogP contribution in [0.15, 0.2) is 45.3 Å². The van der Waals surface area contributed by atoms with Crippen molar-refractivity contribution in [2.24, 2.45) is 0 Å². The van der Waals surface area contributed by atoms with Gasteiger partial charge in [0.15, 0.2) is 5.11 Å². The van der Waals surface area contributed by atoms with Crippen molar-refractivity contribution in [2.75, 3.05) is 10.6 Å². The van der Waals surface area contributed by atoms with Gasteiger partial charge in [0.25, 0.3) is 0 Å². The SMILES string of the molecule is CCC(C)c1ccc(NC(=S)Nc2c(F)cc(Br)cc2Br)cc1. The summed E-state index contributed by atoms with van der Waals surface area (Å²) >= 11 is 11.8. The van der Waals surface area contributed by atoms with Gasteiger partial charge in [0, 0.05) is 14.6 Å². The Morgan fingerprint density at radius 2 is 1.83 bits per heavy atom. The molecule has 0 saturated carbocycles. The highest BCUT2D eigenvalue weighted by Crippen LogP contribution is 2.29. The zero-order valence-corrected chi connectivity index (χ0v) is 16.8. The van der Waals surface area contributed by atoms with E-state index in [1.807, 2.05) is 12.1 Å². The van der Waals surface area contributed by atoms with Crippen LogP contribution in [-0.2, 0) is 0 Å². The molecule has 0 amide bonds. The van der Waals surface area contributed by atoms with Crippen molar-refractivity contribution in [1.29, 1.82) is 0 Å². The molecule has 0 radical (unpaired) electrons. The highest BCUT2D eigenvalue weighted by Gasteiger charge is 2.10. The summed E-state index contributed by atoms with van der Waals surface area (Å²) in [6.45, 7) is 4.36. The topological polar surface area (TPSA) is 24.1 Å². The summed E-state index contributed by atoms with van der Waals surface area (Å²) in [5, 5.41) is 6.28. The molecule has 0 heterocycles. The van der Waals surface area contributed by atoms with Crippen molar-refractivity contribution in [3.8, 4) is 0 Å². The number of halogens is 3. The Balaban J connectivity index is 2.05. The van der Waals surface area contributed by atoms with Crippen molar-refractivity contribution in [1.82, 2.24) is 0 Å². The normalized spacial score (nSPS) is 11.9. The van der Waals surface area contributed by atoms with E-state index in [9.17, 15) is 4.39 Å². The van der Waals surface area contributed by atoms with Gasteiger partial charge in [0.2, 0.25) is 0 Å². The minimum Gasteiger partial charge on any atom is -0.332 e. The molecule has 0 fully saturated rings. The third-order valence-corrected chi connectivity index (χ3v) is 4.88. The van der Waals surface area contributed by atoms with Crippen LogP contribution in [-0.4, -0.2) is 5.11 Å². The van der Waals surface area contributed by atoms with Crippen LogP contribution in [0.3, 0.4) is 0 Å². The molecule has 122 valence electrons. The molecule has 2 aromatic carbocycles. The van der Waals surface area contributed by atoms with E-state index in [4.69, 9.17) is 12.2 Å². The Kier molecular flexibility index (Phi) is 6.56. The maximum Gasteiger partial charge on any atom is 0.175 e. The van der Waals surface area contributed by atoms with Crippen LogP contribution in [0.1, 0.15) is 31.7 Å². The van der Waals surface area contributed by atoms with Gasteiger partial charge in [-0.25, -0.2) is 4.39 Å². The average Bonchev–Trinajstić information content (AvgIpc) is 2.51. The summed E-state index contributed by atoms with van der Waals surface area (Å²) < 4.78 is 15.2. The zero-order valence-electron chi connectivity index (χ0n) is 12.8. The molecule has 2 aromatic rings. The molecular formula is C17H17Br2FN2S. The second-order valence-corrected chi connectivity index (χ2v) is 7.43. The van der Waals surface area contributed by atoms with E-state index in [0.29, 0.717) is 25.7 Å². The molecule has 1 atom stereocenters. The Labute approximate surface area is 158 Å². The van der Waals surface area contributed by atoms with E-state index >= 15 is 0 Å². The van der Waals surface area contributed by atoms with Crippen molar-refractivity contribution in [3.05, 3.63) is 56.7 Å². The predicted molar refractivity (Wildman–Crippen MR) is 107 cm³/mol. The highest BCUT2D eigenvalue weighted by atomic mass is 79.9. The number of hydrogen-bond donors (Lipinski definition) is 2. The minimum absolute atomic E-state index is 0.307. The smallest absolute Gasteiger partial charge is 0.175 e. The first-order chi connectivity index (χ1) is 10.9. The zero-order chi connectivity index (χ0) is 17.0. The van der Waals surface area contributed by atoms with E-state index in [0.717, 1.165) is 12.1 Å². The summed E-state index contributed by atoms with van der Waals surface area (Å²) in [6, 6.07) is 11.3. The van der Waals surface area contributed by atoms with Crippen LogP contribution in [0, 0.1) is 5.82 Å². The average molecular weight is 460 g/mol. The van der Waals surface area contributed by atoms with E-state index in [1.165, 1.54) is 11.6 Å². The fraction of sp³-hybridized carbons (Fsp3) is 0.235. The molecule has 23 heavy (non-hydrogen) atoms. The van der Waals surface area contributed by atoms with Crippen LogP contribution in [0.25, 0.3) is 0 Å². The van der Waals surface area contributed by atoms with Crippen LogP contribution in [0.4, 0.5) is 15.8 Å². The van der Waals surface area contributed by atoms with Gasteiger partial charge in [-0.15, -0.1) is 0 Å². The van der Waals surface area contributed by atoms with Gasteiger partial charge < -0.3 is 10.6 Å². The first-order valence-electron chi connectivity index (χ1n) is 7.23. The Morgan fingerprint density at radius 3 is 2.39 bits per heavy atom. The van der Waals surface area contributed by atoms with Crippen LogP contribution >= 0.6 is 44.1 Å². The Hall–Kier alpha value is -0.980. The molecule has 0 aliphatic heterocycles. The summed E-state index contributed by atoms with van der Waals surface area (Å²) in [5.74, 6) is 0.143. The molecule has 2 rings (SSSR count). The van der Waals surface area contributed by atoms with Crippen molar-refractivity contribution < 1.29 is 4.39 Å². The second-order valence-electron chi connectivity index (χ2n) is 5.25. The number of nitrogens with one attached hydrogen (secondary N) is 2. The summed E-state index contributed by atoms with van der Waals surface area (Å²) in [5.41, 5.74) is 2.46. The Morgan fingerprint density at radius 1 is 1.17 bits per heavy atom. The number of rotatable bonds is 4. The predicted octanol–water partition coefficient (Wildman–Crippen LogP) is 6.67. The highest BCUT2D eigenvalue weighted by molar-refractivity contribution is 9.11. The van der Waals surface area contributed by atoms with E-state index in [-0.39, 0.29) is 5.82 Å². The van der Waals surface area contributed by atoms with Gasteiger partial charge >= 0.3 is 0 Å². The lowest BCUT2D eigenvalue weighted by molar-refractivity contribution is 0.630. The molecule has 1 unspecified atom stereocenters. The van der Waals surface area contributed by atoms with Gasteiger partial charge in [-0.1, -0.05) is 41.9 Å². The third kappa shape index (κ3) is 4.99. The molecule has 2 nitrogen and oxygen atoms in total. The molecule has 6 heteroatoms. The largest absolute Gasteiger partial charge is 0.332 e. The molecular weight excluding hydrogens is 443 g/mol. The first kappa shape index (κ1) is 18.4. The van der Waals surface area contributed by atoms with E-state index < -0.39 is 0 Å². The molecule has 0 saturated heterocycles. The van der Waals surface area contributed by atoms with E-state index in [1.54, 1.807) is 6.07 Å². The molecule has 0 spiro atoms. The van der Waals surface area contributed by atoms with Crippen LogP contribution in [0.2, 0.25) is 0 Å². The molecule has 2 N–H and O–H groups in total. The van der Waals surface area contributed by atoms with Crippen LogP contribution in [0.5, 0.6) is 0 Å². The first-order valence-corrected chi connectivity index (χ1v) is 9.22.